The summed E-state index contributed by atoms with van der Waals surface area (Å²) >= 11 is 0. The van der Waals surface area contributed by atoms with Crippen LogP contribution in [0, 0.1) is 6.92 Å². The predicted molar refractivity (Wildman–Crippen MR) is 86.1 cm³/mol. The number of fused-ring (bicyclic) bond motifs is 1. The Hall–Kier alpha value is -1.38. The van der Waals surface area contributed by atoms with Gasteiger partial charge in [-0.1, -0.05) is 42.8 Å². The lowest BCUT2D eigenvalue weighted by atomic mass is 10.0. The average Bonchev–Trinajstić information content (AvgIpc) is 2.47. The third kappa shape index (κ3) is 3.02. The minimum Gasteiger partial charge on any atom is -0.301 e. The number of hydrogen-bond donors (Lipinski definition) is 0. The van der Waals surface area contributed by atoms with Gasteiger partial charge in [0.05, 0.1) is 0 Å². The number of likely N-dealkylation sites (N-methyl/N-ethyl adjacent to an activating group) is 1. The number of rotatable bonds is 3. The summed E-state index contributed by atoms with van der Waals surface area (Å²) in [5, 5.41) is 2.71. The van der Waals surface area contributed by atoms with Gasteiger partial charge in [0.15, 0.2) is 0 Å². The molecule has 0 radical (unpaired) electrons. The van der Waals surface area contributed by atoms with Crippen molar-refractivity contribution in [1.82, 2.24) is 9.80 Å². The fourth-order valence-electron chi connectivity index (χ4n) is 3.04. The quantitative estimate of drug-likeness (QED) is 0.843. The number of piperazine rings is 1. The van der Waals surface area contributed by atoms with E-state index >= 15 is 0 Å². The van der Waals surface area contributed by atoms with Crippen LogP contribution in [0.1, 0.15) is 18.1 Å². The van der Waals surface area contributed by atoms with Crippen LogP contribution in [0.15, 0.2) is 36.4 Å². The Bertz CT molecular complexity index is 583. The lowest BCUT2D eigenvalue weighted by Crippen LogP contribution is -2.45. The predicted octanol–water partition coefficient (Wildman–Crippen LogP) is 3.29. The summed E-state index contributed by atoms with van der Waals surface area (Å²) in [7, 11) is 0. The standard InChI is InChI=1S/C18H24N2/c1-3-19-8-10-20(11-9-19)14-16-5-7-17-6-4-15(2)12-18(17)13-16/h4-7,12-13H,3,8-11,14H2,1-2H3. The zero-order valence-corrected chi connectivity index (χ0v) is 12.6. The number of nitrogens with zero attached hydrogens (tertiary/aromatic N) is 2. The van der Waals surface area contributed by atoms with E-state index in [0.29, 0.717) is 0 Å². The molecule has 1 saturated heterocycles. The zero-order chi connectivity index (χ0) is 13.9. The Morgan fingerprint density at radius 1 is 0.850 bits per heavy atom. The van der Waals surface area contributed by atoms with Crippen LogP contribution in [0.5, 0.6) is 0 Å². The van der Waals surface area contributed by atoms with E-state index in [0.717, 1.165) is 6.54 Å². The van der Waals surface area contributed by atoms with Crippen molar-refractivity contribution in [3.8, 4) is 0 Å². The minimum absolute atomic E-state index is 1.08. The molecule has 2 aromatic carbocycles. The van der Waals surface area contributed by atoms with Crippen LogP contribution in [-0.4, -0.2) is 42.5 Å². The molecule has 3 rings (SSSR count). The highest BCUT2D eigenvalue weighted by atomic mass is 15.3. The van der Waals surface area contributed by atoms with Crippen LogP contribution < -0.4 is 0 Å². The van der Waals surface area contributed by atoms with Crippen molar-refractivity contribution >= 4 is 10.8 Å². The third-order valence-electron chi connectivity index (χ3n) is 4.38. The summed E-state index contributed by atoms with van der Waals surface area (Å²) < 4.78 is 0. The minimum atomic E-state index is 1.08. The maximum atomic E-state index is 2.57. The van der Waals surface area contributed by atoms with E-state index in [1.807, 2.05) is 0 Å². The molecule has 0 amide bonds. The fourth-order valence-corrected chi connectivity index (χ4v) is 3.04. The molecule has 20 heavy (non-hydrogen) atoms. The van der Waals surface area contributed by atoms with Gasteiger partial charge in [0.2, 0.25) is 0 Å². The maximum absolute atomic E-state index is 2.57. The number of benzene rings is 2. The van der Waals surface area contributed by atoms with Gasteiger partial charge < -0.3 is 4.90 Å². The molecule has 1 heterocycles. The van der Waals surface area contributed by atoms with E-state index in [4.69, 9.17) is 0 Å². The van der Waals surface area contributed by atoms with Crippen molar-refractivity contribution in [3.05, 3.63) is 47.5 Å². The first-order valence-electron chi connectivity index (χ1n) is 7.68. The lowest BCUT2D eigenvalue weighted by Gasteiger charge is -2.34. The second-order valence-corrected chi connectivity index (χ2v) is 5.90. The van der Waals surface area contributed by atoms with E-state index < -0.39 is 0 Å². The van der Waals surface area contributed by atoms with Crippen molar-refractivity contribution in [2.75, 3.05) is 32.7 Å². The number of hydrogen-bond acceptors (Lipinski definition) is 2. The van der Waals surface area contributed by atoms with E-state index in [-0.39, 0.29) is 0 Å². The molecule has 106 valence electrons. The van der Waals surface area contributed by atoms with Gasteiger partial charge in [0.1, 0.15) is 0 Å². The molecule has 1 fully saturated rings. The first kappa shape index (κ1) is 13.6. The van der Waals surface area contributed by atoms with Gasteiger partial charge in [-0.15, -0.1) is 0 Å². The van der Waals surface area contributed by atoms with Gasteiger partial charge in [-0.25, -0.2) is 0 Å². The summed E-state index contributed by atoms with van der Waals surface area (Å²) in [6.45, 7) is 11.5. The molecule has 2 nitrogen and oxygen atoms in total. The Labute approximate surface area is 122 Å². The molecule has 1 aliphatic rings. The van der Waals surface area contributed by atoms with E-state index in [9.17, 15) is 0 Å². The van der Waals surface area contributed by atoms with Crippen LogP contribution in [0.4, 0.5) is 0 Å². The molecule has 0 spiro atoms. The first-order chi connectivity index (χ1) is 9.74. The summed E-state index contributed by atoms with van der Waals surface area (Å²) in [6, 6.07) is 13.6. The molecule has 1 aliphatic heterocycles. The topological polar surface area (TPSA) is 6.48 Å². The first-order valence-corrected chi connectivity index (χ1v) is 7.68. The van der Waals surface area contributed by atoms with Crippen molar-refractivity contribution in [1.29, 1.82) is 0 Å². The van der Waals surface area contributed by atoms with E-state index in [1.54, 1.807) is 0 Å². The van der Waals surface area contributed by atoms with Crippen molar-refractivity contribution in [3.63, 3.8) is 0 Å². The largest absolute Gasteiger partial charge is 0.301 e. The van der Waals surface area contributed by atoms with Crippen molar-refractivity contribution in [2.45, 2.75) is 20.4 Å². The van der Waals surface area contributed by atoms with Crippen LogP contribution in [0.25, 0.3) is 10.8 Å². The van der Waals surface area contributed by atoms with E-state index in [1.165, 1.54) is 54.6 Å². The monoisotopic (exact) mass is 268 g/mol. The summed E-state index contributed by atoms with van der Waals surface area (Å²) in [5.74, 6) is 0. The van der Waals surface area contributed by atoms with Crippen LogP contribution in [0.2, 0.25) is 0 Å². The van der Waals surface area contributed by atoms with Gasteiger partial charge in [0.25, 0.3) is 0 Å². The highest BCUT2D eigenvalue weighted by molar-refractivity contribution is 5.83. The Morgan fingerprint density at radius 2 is 1.55 bits per heavy atom. The van der Waals surface area contributed by atoms with Crippen LogP contribution in [0.3, 0.4) is 0 Å². The Morgan fingerprint density at radius 3 is 2.30 bits per heavy atom. The van der Waals surface area contributed by atoms with E-state index in [2.05, 4.69) is 60.0 Å². The Kier molecular flexibility index (Phi) is 4.04. The summed E-state index contributed by atoms with van der Waals surface area (Å²) in [6.07, 6.45) is 0. The van der Waals surface area contributed by atoms with Gasteiger partial charge in [-0.3, -0.25) is 4.90 Å². The zero-order valence-electron chi connectivity index (χ0n) is 12.6. The lowest BCUT2D eigenvalue weighted by molar-refractivity contribution is 0.132. The summed E-state index contributed by atoms with van der Waals surface area (Å²) in [5.41, 5.74) is 2.78. The summed E-state index contributed by atoms with van der Waals surface area (Å²) in [4.78, 5) is 5.10. The molecule has 0 aliphatic carbocycles. The smallest absolute Gasteiger partial charge is 0.0235 e. The molecule has 0 unspecified atom stereocenters. The normalized spacial score (nSPS) is 17.7. The van der Waals surface area contributed by atoms with Gasteiger partial charge in [-0.05, 0) is 35.9 Å². The average molecular weight is 268 g/mol. The highest BCUT2D eigenvalue weighted by Crippen LogP contribution is 2.19. The fraction of sp³-hybridized carbons (Fsp3) is 0.444. The van der Waals surface area contributed by atoms with Crippen molar-refractivity contribution < 1.29 is 0 Å². The molecule has 2 aromatic rings. The molecular formula is C18H24N2. The van der Waals surface area contributed by atoms with Gasteiger partial charge in [0, 0.05) is 32.7 Å². The van der Waals surface area contributed by atoms with Crippen LogP contribution >= 0.6 is 0 Å². The van der Waals surface area contributed by atoms with Crippen molar-refractivity contribution in [2.24, 2.45) is 0 Å². The van der Waals surface area contributed by atoms with Gasteiger partial charge in [-0.2, -0.15) is 0 Å². The molecule has 0 atom stereocenters. The highest BCUT2D eigenvalue weighted by Gasteiger charge is 2.15. The van der Waals surface area contributed by atoms with Gasteiger partial charge >= 0.3 is 0 Å². The van der Waals surface area contributed by atoms with Crippen LogP contribution in [-0.2, 0) is 6.54 Å². The third-order valence-corrected chi connectivity index (χ3v) is 4.38. The SMILES string of the molecule is CCN1CCN(Cc2ccc3ccc(C)cc3c2)CC1. The molecule has 0 saturated carbocycles. The molecule has 0 aromatic heterocycles. The molecule has 0 bridgehead atoms. The second kappa shape index (κ2) is 5.94. The second-order valence-electron chi connectivity index (χ2n) is 5.90. The Balaban J connectivity index is 1.71. The number of aryl methyl sites for hydroxylation is 1. The molecular weight excluding hydrogens is 244 g/mol. The molecule has 2 heteroatoms. The maximum Gasteiger partial charge on any atom is 0.0235 e. The molecule has 0 N–H and O–H groups in total.